The van der Waals surface area contributed by atoms with Gasteiger partial charge in [-0.3, -0.25) is 0 Å². The third-order valence-electron chi connectivity index (χ3n) is 2.86. The Balaban J connectivity index is 3.09. The van der Waals surface area contributed by atoms with Crippen LogP contribution in [0.15, 0.2) is 24.3 Å². The van der Waals surface area contributed by atoms with E-state index >= 15 is 0 Å². The third-order valence-corrected chi connectivity index (χ3v) is 3.58. The number of hydrogen-bond acceptors (Lipinski definition) is 4. The van der Waals surface area contributed by atoms with Crippen molar-refractivity contribution in [1.82, 2.24) is 5.32 Å². The molecule has 0 radical (unpaired) electrons. The Morgan fingerprint density at radius 1 is 1.14 bits per heavy atom. The maximum Gasteiger partial charge on any atom is 0.408 e. The van der Waals surface area contributed by atoms with Crippen molar-refractivity contribution in [2.75, 3.05) is 6.61 Å². The molecule has 5 nitrogen and oxygen atoms in total. The number of esters is 1. The number of alkyl carbamates (subject to hydrolysis) is 1. The van der Waals surface area contributed by atoms with Crippen LogP contribution in [-0.2, 0) is 19.8 Å². The van der Waals surface area contributed by atoms with E-state index in [4.69, 9.17) is 9.47 Å². The van der Waals surface area contributed by atoms with E-state index < -0.39 is 23.2 Å². The van der Waals surface area contributed by atoms with Gasteiger partial charge in [-0.1, -0.05) is 12.1 Å². The number of carbonyl (C=O) groups is 2. The summed E-state index contributed by atoms with van der Waals surface area (Å²) in [6, 6.07) is 7.31. The SMILES string of the molecule is CCOC(=O)[C@@](C)(NC(=O)OC(C)(C)C)c1ccc(I)cc1. The van der Waals surface area contributed by atoms with Crippen molar-refractivity contribution in [1.29, 1.82) is 0 Å². The second-order valence-corrected chi connectivity index (χ2v) is 7.22. The summed E-state index contributed by atoms with van der Waals surface area (Å²) in [5.41, 5.74) is -1.31. The molecule has 0 saturated heterocycles. The molecule has 0 aromatic heterocycles. The average Bonchev–Trinajstić information content (AvgIpc) is 2.37. The van der Waals surface area contributed by atoms with E-state index in [1.165, 1.54) is 0 Å². The fourth-order valence-corrected chi connectivity index (χ4v) is 2.17. The lowest BCUT2D eigenvalue weighted by Crippen LogP contribution is -2.51. The molecular weight excluding hydrogens is 397 g/mol. The molecule has 0 aliphatic carbocycles. The molecule has 122 valence electrons. The Kier molecular flexibility index (Phi) is 6.22. The number of nitrogens with one attached hydrogen (secondary N) is 1. The monoisotopic (exact) mass is 419 g/mol. The van der Waals surface area contributed by atoms with E-state index in [1.807, 2.05) is 12.1 Å². The number of halogens is 1. The maximum atomic E-state index is 12.4. The van der Waals surface area contributed by atoms with Crippen molar-refractivity contribution in [3.05, 3.63) is 33.4 Å². The predicted octanol–water partition coefficient (Wildman–Crippen LogP) is 3.59. The van der Waals surface area contributed by atoms with Gasteiger partial charge in [0.1, 0.15) is 5.60 Å². The van der Waals surface area contributed by atoms with Crippen LogP contribution in [0, 0.1) is 3.57 Å². The van der Waals surface area contributed by atoms with E-state index in [-0.39, 0.29) is 6.61 Å². The average molecular weight is 419 g/mol. The highest BCUT2D eigenvalue weighted by Crippen LogP contribution is 2.24. The summed E-state index contributed by atoms with van der Waals surface area (Å²) >= 11 is 2.17. The van der Waals surface area contributed by atoms with Crippen LogP contribution in [0.4, 0.5) is 4.79 Å². The van der Waals surface area contributed by atoms with E-state index in [9.17, 15) is 9.59 Å². The minimum atomic E-state index is -1.30. The largest absolute Gasteiger partial charge is 0.464 e. The number of hydrogen-bond donors (Lipinski definition) is 1. The molecular formula is C16H22INO4. The summed E-state index contributed by atoms with van der Waals surface area (Å²) in [6.45, 7) is 8.85. The van der Waals surface area contributed by atoms with Gasteiger partial charge in [-0.05, 0) is 74.9 Å². The molecule has 0 fully saturated rings. The molecule has 1 amide bonds. The highest BCUT2D eigenvalue weighted by atomic mass is 127. The Morgan fingerprint density at radius 2 is 1.68 bits per heavy atom. The number of benzene rings is 1. The summed E-state index contributed by atoms with van der Waals surface area (Å²) in [5.74, 6) is -0.526. The highest BCUT2D eigenvalue weighted by Gasteiger charge is 2.39. The summed E-state index contributed by atoms with van der Waals surface area (Å²) in [6.07, 6.45) is -0.665. The summed E-state index contributed by atoms with van der Waals surface area (Å²) < 4.78 is 11.4. The maximum absolute atomic E-state index is 12.4. The van der Waals surface area contributed by atoms with Gasteiger partial charge in [0.25, 0.3) is 0 Å². The van der Waals surface area contributed by atoms with Gasteiger partial charge in [0, 0.05) is 3.57 Å². The van der Waals surface area contributed by atoms with Crippen molar-refractivity contribution in [3.8, 4) is 0 Å². The van der Waals surface area contributed by atoms with E-state index in [1.54, 1.807) is 46.8 Å². The van der Waals surface area contributed by atoms with Gasteiger partial charge in [0.05, 0.1) is 6.61 Å². The minimum Gasteiger partial charge on any atom is -0.464 e. The first kappa shape index (κ1) is 18.7. The second kappa shape index (κ2) is 7.30. The fraction of sp³-hybridized carbons (Fsp3) is 0.500. The molecule has 0 heterocycles. The highest BCUT2D eigenvalue weighted by molar-refractivity contribution is 14.1. The van der Waals surface area contributed by atoms with Crippen LogP contribution < -0.4 is 5.32 Å². The number of ether oxygens (including phenoxy) is 2. The molecule has 0 aliphatic heterocycles. The molecule has 1 rings (SSSR count). The number of carbonyl (C=O) groups excluding carboxylic acids is 2. The molecule has 0 unspecified atom stereocenters. The molecule has 0 bridgehead atoms. The van der Waals surface area contributed by atoms with Crippen molar-refractivity contribution in [3.63, 3.8) is 0 Å². The van der Waals surface area contributed by atoms with Gasteiger partial charge in [-0.15, -0.1) is 0 Å². The lowest BCUT2D eigenvalue weighted by Gasteiger charge is -2.30. The normalized spacial score (nSPS) is 13.9. The molecule has 1 aromatic rings. The van der Waals surface area contributed by atoms with Gasteiger partial charge in [-0.2, -0.15) is 0 Å². The number of rotatable bonds is 4. The fourth-order valence-electron chi connectivity index (χ4n) is 1.81. The minimum absolute atomic E-state index is 0.231. The van der Waals surface area contributed by atoms with Crippen molar-refractivity contribution < 1.29 is 19.1 Å². The molecule has 0 aliphatic rings. The Morgan fingerprint density at radius 3 is 2.14 bits per heavy atom. The van der Waals surface area contributed by atoms with Crippen LogP contribution >= 0.6 is 22.6 Å². The Bertz CT molecular complexity index is 536. The molecule has 1 atom stereocenters. The van der Waals surface area contributed by atoms with Crippen molar-refractivity contribution in [2.45, 2.75) is 45.8 Å². The molecule has 6 heteroatoms. The van der Waals surface area contributed by atoms with Gasteiger partial charge >= 0.3 is 12.1 Å². The van der Waals surface area contributed by atoms with Gasteiger partial charge < -0.3 is 14.8 Å². The smallest absolute Gasteiger partial charge is 0.408 e. The van der Waals surface area contributed by atoms with Gasteiger partial charge in [0.2, 0.25) is 0 Å². The number of amides is 1. The third kappa shape index (κ3) is 5.15. The first-order valence-corrected chi connectivity index (χ1v) is 8.11. The Hall–Kier alpha value is -1.31. The predicted molar refractivity (Wildman–Crippen MR) is 92.5 cm³/mol. The molecule has 1 aromatic carbocycles. The standard InChI is InChI=1S/C16H22INO4/c1-6-21-13(19)16(5,11-7-9-12(17)10-8-11)18-14(20)22-15(2,3)4/h7-10H,6H2,1-5H3,(H,18,20)/t16-/m0/s1. The first-order chi connectivity index (χ1) is 10.1. The zero-order chi connectivity index (χ0) is 17.0. The van der Waals surface area contributed by atoms with Crippen LogP contribution in [0.3, 0.4) is 0 Å². The van der Waals surface area contributed by atoms with Crippen LogP contribution in [-0.4, -0.2) is 24.3 Å². The van der Waals surface area contributed by atoms with Gasteiger partial charge in [0.15, 0.2) is 5.54 Å². The van der Waals surface area contributed by atoms with Crippen LogP contribution in [0.5, 0.6) is 0 Å². The summed E-state index contributed by atoms with van der Waals surface area (Å²) in [4.78, 5) is 24.4. The van der Waals surface area contributed by atoms with Gasteiger partial charge in [-0.25, -0.2) is 9.59 Å². The van der Waals surface area contributed by atoms with Crippen LogP contribution in [0.25, 0.3) is 0 Å². The lowest BCUT2D eigenvalue weighted by atomic mass is 9.92. The molecule has 1 N–H and O–H groups in total. The first-order valence-electron chi connectivity index (χ1n) is 7.03. The molecule has 22 heavy (non-hydrogen) atoms. The quantitative estimate of drug-likeness (QED) is 0.599. The topological polar surface area (TPSA) is 64.6 Å². The summed E-state index contributed by atoms with van der Waals surface area (Å²) in [5, 5.41) is 2.63. The van der Waals surface area contributed by atoms with Crippen molar-refractivity contribution >= 4 is 34.7 Å². The zero-order valence-corrected chi connectivity index (χ0v) is 15.7. The van der Waals surface area contributed by atoms with Crippen LogP contribution in [0.2, 0.25) is 0 Å². The van der Waals surface area contributed by atoms with Crippen LogP contribution in [0.1, 0.15) is 40.2 Å². The summed E-state index contributed by atoms with van der Waals surface area (Å²) in [7, 11) is 0. The lowest BCUT2D eigenvalue weighted by molar-refractivity contribution is -0.151. The van der Waals surface area contributed by atoms with E-state index in [2.05, 4.69) is 27.9 Å². The van der Waals surface area contributed by atoms with E-state index in [0.29, 0.717) is 5.56 Å². The molecule has 0 saturated carbocycles. The Labute approximate surface area is 144 Å². The molecule has 0 spiro atoms. The second-order valence-electron chi connectivity index (χ2n) is 5.98. The van der Waals surface area contributed by atoms with Crippen molar-refractivity contribution in [2.24, 2.45) is 0 Å². The zero-order valence-electron chi connectivity index (χ0n) is 13.5. The van der Waals surface area contributed by atoms with E-state index in [0.717, 1.165) is 3.57 Å².